The van der Waals surface area contributed by atoms with Crippen LogP contribution in [0.15, 0.2) is 35.7 Å². The highest BCUT2D eigenvalue weighted by molar-refractivity contribution is 7.10. The Morgan fingerprint density at radius 1 is 1.29 bits per heavy atom. The monoisotopic (exact) mass is 247 g/mol. The van der Waals surface area contributed by atoms with Gasteiger partial charge in [0.25, 0.3) is 0 Å². The van der Waals surface area contributed by atoms with Crippen LogP contribution < -0.4 is 5.73 Å². The molecule has 0 spiro atoms. The molecular weight excluding hydrogens is 234 g/mol. The molecule has 1 aromatic carbocycles. The molecule has 0 amide bonds. The van der Waals surface area contributed by atoms with Gasteiger partial charge < -0.3 is 10.8 Å². The minimum absolute atomic E-state index is 0.183. The van der Waals surface area contributed by atoms with Gasteiger partial charge in [-0.3, -0.25) is 0 Å². The van der Waals surface area contributed by atoms with Gasteiger partial charge in [-0.15, -0.1) is 11.3 Å². The van der Waals surface area contributed by atoms with Gasteiger partial charge in [0.05, 0.1) is 11.6 Å². The fourth-order valence-corrected chi connectivity index (χ4v) is 2.64. The van der Waals surface area contributed by atoms with Crippen LogP contribution in [-0.4, -0.2) is 11.1 Å². The van der Waals surface area contributed by atoms with Crippen molar-refractivity contribution in [2.24, 2.45) is 5.73 Å². The number of rotatable bonds is 3. The molecule has 3 N–H and O–H groups in total. The van der Waals surface area contributed by atoms with Crippen molar-refractivity contribution in [3.8, 4) is 0 Å². The molecule has 0 bridgehead atoms. The highest BCUT2D eigenvalue weighted by Crippen LogP contribution is 2.27. The van der Waals surface area contributed by atoms with Crippen molar-refractivity contribution < 1.29 is 9.90 Å². The van der Waals surface area contributed by atoms with Gasteiger partial charge in [0.15, 0.2) is 0 Å². The van der Waals surface area contributed by atoms with Gasteiger partial charge in [-0.25, -0.2) is 4.79 Å². The summed E-state index contributed by atoms with van der Waals surface area (Å²) in [6.07, 6.45) is 0. The maximum absolute atomic E-state index is 10.7. The number of carboxylic acid groups (broad SMARTS) is 1. The number of hydrogen-bond donors (Lipinski definition) is 2. The van der Waals surface area contributed by atoms with E-state index in [-0.39, 0.29) is 11.6 Å². The van der Waals surface area contributed by atoms with Gasteiger partial charge in [-0.1, -0.05) is 12.1 Å². The first-order valence-electron chi connectivity index (χ1n) is 5.22. The van der Waals surface area contributed by atoms with Crippen molar-refractivity contribution in [3.63, 3.8) is 0 Å². The molecule has 3 nitrogen and oxygen atoms in total. The van der Waals surface area contributed by atoms with Gasteiger partial charge in [0.1, 0.15) is 0 Å². The van der Waals surface area contributed by atoms with Crippen LogP contribution in [0.25, 0.3) is 0 Å². The van der Waals surface area contributed by atoms with Crippen molar-refractivity contribution in [2.75, 3.05) is 0 Å². The number of nitrogens with two attached hydrogens (primary N) is 1. The summed E-state index contributed by atoms with van der Waals surface area (Å²) in [5.74, 6) is -0.919. The molecule has 0 saturated carbocycles. The first-order chi connectivity index (χ1) is 8.09. The third kappa shape index (κ3) is 2.38. The largest absolute Gasteiger partial charge is 0.478 e. The predicted octanol–water partition coefficient (Wildman–Crippen LogP) is 2.80. The molecule has 0 saturated heterocycles. The summed E-state index contributed by atoms with van der Waals surface area (Å²) >= 11 is 1.62. The Morgan fingerprint density at radius 3 is 2.41 bits per heavy atom. The van der Waals surface area contributed by atoms with E-state index in [2.05, 4.69) is 0 Å². The second-order valence-electron chi connectivity index (χ2n) is 3.87. The Hall–Kier alpha value is -1.65. The molecule has 1 heterocycles. The van der Waals surface area contributed by atoms with Gasteiger partial charge in [0, 0.05) is 4.88 Å². The minimum Gasteiger partial charge on any atom is -0.478 e. The zero-order valence-corrected chi connectivity index (χ0v) is 10.2. The number of hydrogen-bond acceptors (Lipinski definition) is 3. The topological polar surface area (TPSA) is 63.3 Å². The summed E-state index contributed by atoms with van der Waals surface area (Å²) in [7, 11) is 0. The highest BCUT2D eigenvalue weighted by Gasteiger charge is 2.13. The summed E-state index contributed by atoms with van der Waals surface area (Å²) in [5.41, 5.74) is 8.53. The molecule has 0 aliphatic rings. The molecule has 1 aromatic heterocycles. The second-order valence-corrected chi connectivity index (χ2v) is 4.82. The van der Waals surface area contributed by atoms with Crippen LogP contribution >= 0.6 is 11.3 Å². The standard InChI is InChI=1S/C13H13NO2S/c1-8-6-7-17-12(8)11(14)9-2-4-10(5-3-9)13(15)16/h2-7,11H,14H2,1H3,(H,15,16). The van der Waals surface area contributed by atoms with E-state index in [0.29, 0.717) is 0 Å². The van der Waals surface area contributed by atoms with Crippen molar-refractivity contribution >= 4 is 17.3 Å². The molecule has 0 fully saturated rings. The molecule has 1 unspecified atom stereocenters. The lowest BCUT2D eigenvalue weighted by Gasteiger charge is -2.11. The van der Waals surface area contributed by atoms with E-state index < -0.39 is 5.97 Å². The first kappa shape index (κ1) is 11.8. The van der Waals surface area contributed by atoms with E-state index in [1.54, 1.807) is 35.6 Å². The van der Waals surface area contributed by atoms with Gasteiger partial charge >= 0.3 is 5.97 Å². The summed E-state index contributed by atoms with van der Waals surface area (Å²) in [4.78, 5) is 11.9. The Bertz CT molecular complexity index is 531. The predicted molar refractivity (Wildman–Crippen MR) is 68.5 cm³/mol. The van der Waals surface area contributed by atoms with Crippen LogP contribution in [0.1, 0.15) is 32.4 Å². The molecule has 0 radical (unpaired) electrons. The maximum Gasteiger partial charge on any atom is 0.335 e. The van der Waals surface area contributed by atoms with E-state index in [0.717, 1.165) is 10.4 Å². The molecule has 4 heteroatoms. The Morgan fingerprint density at radius 2 is 1.94 bits per heavy atom. The fraction of sp³-hybridized carbons (Fsp3) is 0.154. The van der Waals surface area contributed by atoms with Crippen LogP contribution in [0, 0.1) is 6.92 Å². The van der Waals surface area contributed by atoms with Gasteiger partial charge in [0.2, 0.25) is 0 Å². The molecular formula is C13H13NO2S. The van der Waals surface area contributed by atoms with Gasteiger partial charge in [-0.2, -0.15) is 0 Å². The van der Waals surface area contributed by atoms with Crippen LogP contribution in [-0.2, 0) is 0 Å². The van der Waals surface area contributed by atoms with Crippen molar-refractivity contribution in [3.05, 3.63) is 57.3 Å². The third-order valence-electron chi connectivity index (χ3n) is 2.70. The average molecular weight is 247 g/mol. The van der Waals surface area contributed by atoms with Crippen molar-refractivity contribution in [1.82, 2.24) is 0 Å². The molecule has 0 aliphatic carbocycles. The fourth-order valence-electron chi connectivity index (χ4n) is 1.69. The lowest BCUT2D eigenvalue weighted by atomic mass is 10.0. The maximum atomic E-state index is 10.7. The number of aromatic carboxylic acids is 1. The summed E-state index contributed by atoms with van der Waals surface area (Å²) in [6.45, 7) is 2.03. The molecule has 17 heavy (non-hydrogen) atoms. The summed E-state index contributed by atoms with van der Waals surface area (Å²) in [5, 5.41) is 10.8. The SMILES string of the molecule is Cc1ccsc1C(N)c1ccc(C(=O)O)cc1. The van der Waals surface area contributed by atoms with Crippen LogP contribution in [0.2, 0.25) is 0 Å². The lowest BCUT2D eigenvalue weighted by molar-refractivity contribution is 0.0697. The first-order valence-corrected chi connectivity index (χ1v) is 6.10. The zero-order valence-electron chi connectivity index (χ0n) is 9.38. The van der Waals surface area contributed by atoms with Gasteiger partial charge in [-0.05, 0) is 41.6 Å². The van der Waals surface area contributed by atoms with E-state index in [4.69, 9.17) is 10.8 Å². The zero-order chi connectivity index (χ0) is 12.4. The quantitative estimate of drug-likeness (QED) is 0.876. The Balaban J connectivity index is 2.29. The number of carboxylic acids is 1. The number of aryl methyl sites for hydroxylation is 1. The molecule has 2 aromatic rings. The summed E-state index contributed by atoms with van der Waals surface area (Å²) in [6, 6.07) is 8.56. The molecule has 88 valence electrons. The van der Waals surface area contributed by atoms with E-state index in [1.807, 2.05) is 18.4 Å². The lowest BCUT2D eigenvalue weighted by Crippen LogP contribution is -2.11. The third-order valence-corrected chi connectivity index (χ3v) is 3.80. The van der Waals surface area contributed by atoms with Crippen molar-refractivity contribution in [2.45, 2.75) is 13.0 Å². The van der Waals surface area contributed by atoms with Crippen LogP contribution in [0.5, 0.6) is 0 Å². The van der Waals surface area contributed by atoms with Crippen LogP contribution in [0.4, 0.5) is 0 Å². The van der Waals surface area contributed by atoms with E-state index in [9.17, 15) is 4.79 Å². The number of carbonyl (C=O) groups is 1. The average Bonchev–Trinajstić information content (AvgIpc) is 2.74. The minimum atomic E-state index is -0.919. The Labute approximate surface area is 104 Å². The molecule has 1 atom stereocenters. The summed E-state index contributed by atoms with van der Waals surface area (Å²) < 4.78 is 0. The second kappa shape index (κ2) is 4.69. The van der Waals surface area contributed by atoms with Crippen molar-refractivity contribution in [1.29, 1.82) is 0 Å². The normalized spacial score (nSPS) is 12.4. The number of thiophene rings is 1. The van der Waals surface area contributed by atoms with E-state index in [1.165, 1.54) is 5.56 Å². The highest BCUT2D eigenvalue weighted by atomic mass is 32.1. The molecule has 2 rings (SSSR count). The molecule has 0 aliphatic heterocycles. The number of benzene rings is 1. The van der Waals surface area contributed by atoms with Crippen LogP contribution in [0.3, 0.4) is 0 Å². The Kier molecular flexibility index (Phi) is 3.26. The smallest absolute Gasteiger partial charge is 0.335 e. The van der Waals surface area contributed by atoms with E-state index >= 15 is 0 Å².